The van der Waals surface area contributed by atoms with Gasteiger partial charge in [-0.2, -0.15) is 0 Å². The largest absolute Gasteiger partial charge is 0.482 e. The van der Waals surface area contributed by atoms with E-state index >= 15 is 0 Å². The first kappa shape index (κ1) is 38.4. The molecular formula is C6H13BF5O2. The Kier molecular flexibility index (Phi) is 112. The molecule has 0 saturated carbocycles. The minimum Gasteiger partial charge on any atom is -0.429 e. The molecule has 0 saturated heterocycles. The highest BCUT2D eigenvalue weighted by Gasteiger charge is 1.57. The molecule has 0 aliphatic rings. The Hall–Kier alpha value is -1.15. The van der Waals surface area contributed by atoms with Gasteiger partial charge in [-0.05, 0) is 0 Å². The third-order valence-electron chi connectivity index (χ3n) is 0.667. The highest BCUT2D eigenvalue weighted by Crippen LogP contribution is 1.79. The van der Waals surface area contributed by atoms with E-state index in [9.17, 15) is 0 Å². The lowest BCUT2D eigenvalue weighted by atomic mass is 10.4. The summed E-state index contributed by atoms with van der Waals surface area (Å²) in [5.41, 5.74) is 0. The van der Waals surface area contributed by atoms with E-state index in [0.29, 0.717) is 0 Å². The third kappa shape index (κ3) is 44.7. The molecule has 0 aromatic heterocycles. The van der Waals surface area contributed by atoms with Crippen molar-refractivity contribution >= 4 is 7.69 Å². The van der Waals surface area contributed by atoms with Gasteiger partial charge in [0.15, 0.2) is 0 Å². The molecule has 1 radical (unpaired) electrons. The lowest BCUT2D eigenvalue weighted by Gasteiger charge is -1.69. The molecule has 14 heavy (non-hydrogen) atoms. The topological polar surface area (TPSA) is 40.5 Å². The summed E-state index contributed by atoms with van der Waals surface area (Å²) in [5.74, 6) is 0. The van der Waals surface area contributed by atoms with Crippen molar-refractivity contribution in [2.24, 2.45) is 0 Å². The maximum absolute atomic E-state index is 7.00. The van der Waals surface area contributed by atoms with Crippen LogP contribution in [0.3, 0.4) is 0 Å². The molecule has 0 fully saturated rings. The van der Waals surface area contributed by atoms with Crippen LogP contribution >= 0.6 is 0 Å². The minimum absolute atomic E-state index is 0. The van der Waals surface area contributed by atoms with E-state index in [-0.39, 0.29) is 31.2 Å². The molecule has 87 valence electrons. The highest BCUT2D eigenvalue weighted by atomic mass is 19.0. The number of rotatable bonds is 0. The second-order valence-corrected chi connectivity index (χ2v) is 1.27. The maximum Gasteiger partial charge on any atom is 0.482 e. The molecule has 0 spiro atoms. The predicted molar refractivity (Wildman–Crippen MR) is 49.1 cm³/mol. The first-order valence-electron chi connectivity index (χ1n) is 2.52. The van der Waals surface area contributed by atoms with Gasteiger partial charge in [0.2, 0.25) is 0 Å². The average Bonchev–Trinajstić information content (AvgIpc) is 1.93. The van der Waals surface area contributed by atoms with Gasteiger partial charge in [-0.1, -0.05) is 36.4 Å². The van der Waals surface area contributed by atoms with Gasteiger partial charge in [0.05, 0.1) is 0 Å². The predicted octanol–water partition coefficient (Wildman–Crippen LogP) is 0.954. The number of halogens is 5. The van der Waals surface area contributed by atoms with Gasteiger partial charge in [0, 0.05) is 0 Å². The molecular weight excluding hydrogens is 210 g/mol. The van der Waals surface area contributed by atoms with Crippen molar-refractivity contribution in [2.45, 2.75) is 0 Å². The lowest BCUT2D eigenvalue weighted by Crippen LogP contribution is -1.75. The van der Waals surface area contributed by atoms with Crippen LogP contribution < -0.4 is 0 Å². The van der Waals surface area contributed by atoms with E-state index in [1.165, 1.54) is 0 Å². The highest BCUT2D eigenvalue weighted by molar-refractivity contribution is 6.13. The van der Waals surface area contributed by atoms with Crippen molar-refractivity contribution in [1.82, 2.24) is 0 Å². The van der Waals surface area contributed by atoms with Gasteiger partial charge in [0.25, 0.3) is 0 Å². The van der Waals surface area contributed by atoms with Gasteiger partial charge in [0.1, 0.15) is 0 Å². The monoisotopic (exact) mass is 223 g/mol. The molecule has 0 bridgehead atoms. The number of hydrogen-bond acceptors (Lipinski definition) is 2. The van der Waals surface area contributed by atoms with Crippen LogP contribution in [0.1, 0.15) is 0 Å². The molecule has 0 heterocycles. The van der Waals surface area contributed by atoms with Crippen molar-refractivity contribution in [3.63, 3.8) is 0 Å². The zero-order chi connectivity index (χ0) is 6.95. The number of benzene rings is 1. The summed E-state index contributed by atoms with van der Waals surface area (Å²) in [5, 5.41) is 14.0. The summed E-state index contributed by atoms with van der Waals surface area (Å²) < 4.78 is 0. The van der Waals surface area contributed by atoms with E-state index in [1.54, 1.807) is 0 Å². The van der Waals surface area contributed by atoms with Crippen LogP contribution in [-0.4, -0.2) is 17.7 Å². The van der Waals surface area contributed by atoms with Crippen molar-refractivity contribution < 1.29 is 33.6 Å². The van der Waals surface area contributed by atoms with Gasteiger partial charge in [-0.3, -0.25) is 23.5 Å². The Morgan fingerprint density at radius 1 is 0.500 bits per heavy atom. The summed E-state index contributed by atoms with van der Waals surface area (Å²) in [4.78, 5) is 0. The summed E-state index contributed by atoms with van der Waals surface area (Å²) >= 11 is 0. The van der Waals surface area contributed by atoms with Crippen molar-refractivity contribution in [2.75, 3.05) is 0 Å². The van der Waals surface area contributed by atoms with E-state index in [4.69, 9.17) is 10.0 Å². The Bertz CT molecular complexity index is 107. The summed E-state index contributed by atoms with van der Waals surface area (Å²) in [6.07, 6.45) is 0. The summed E-state index contributed by atoms with van der Waals surface area (Å²) in [6.45, 7) is 0. The second kappa shape index (κ2) is 40.7. The molecule has 2 nitrogen and oxygen atoms in total. The quantitative estimate of drug-likeness (QED) is 0.507. The molecule has 1 rings (SSSR count). The van der Waals surface area contributed by atoms with Gasteiger partial charge >= 0.3 is 7.69 Å². The molecule has 0 amide bonds. The fourth-order valence-electron chi connectivity index (χ4n) is 0.385. The molecule has 8 heteroatoms. The molecule has 1 aromatic rings. The second-order valence-electron chi connectivity index (χ2n) is 1.27. The fourth-order valence-corrected chi connectivity index (χ4v) is 0.385. The van der Waals surface area contributed by atoms with Gasteiger partial charge in [-0.25, -0.2) is 0 Å². The van der Waals surface area contributed by atoms with E-state index in [0.717, 1.165) is 0 Å². The number of hydrogen-bond donors (Lipinski definition) is 2. The SMILES string of the molecule is F.F.F.F.F.O[B]O.c1ccccc1. The molecule has 1 aromatic carbocycles. The van der Waals surface area contributed by atoms with Crippen LogP contribution in [0.5, 0.6) is 0 Å². The van der Waals surface area contributed by atoms with Gasteiger partial charge in [-0.15, -0.1) is 0 Å². The smallest absolute Gasteiger partial charge is 0.429 e. The fraction of sp³-hybridized carbons (Fsp3) is 0. The van der Waals surface area contributed by atoms with Crippen LogP contribution in [0.15, 0.2) is 36.4 Å². The molecule has 0 aliphatic heterocycles. The normalized spacial score (nSPS) is 4.43. The molecule has 0 atom stereocenters. The molecule has 0 aliphatic carbocycles. The Morgan fingerprint density at radius 3 is 0.643 bits per heavy atom. The minimum atomic E-state index is 0. The third-order valence-corrected chi connectivity index (χ3v) is 0.667. The molecule has 2 N–H and O–H groups in total. The van der Waals surface area contributed by atoms with Crippen LogP contribution in [0.25, 0.3) is 0 Å². The first-order chi connectivity index (χ1) is 4.41. The van der Waals surface area contributed by atoms with Crippen LogP contribution in [-0.2, 0) is 0 Å². The van der Waals surface area contributed by atoms with Crippen molar-refractivity contribution in [1.29, 1.82) is 0 Å². The zero-order valence-electron chi connectivity index (χ0n) is 6.98. The average molecular weight is 223 g/mol. The van der Waals surface area contributed by atoms with E-state index in [2.05, 4.69) is 0 Å². The Labute approximate surface area is 78.7 Å². The van der Waals surface area contributed by atoms with Gasteiger partial charge < -0.3 is 10.0 Å². The maximum atomic E-state index is 7.00. The van der Waals surface area contributed by atoms with Crippen molar-refractivity contribution in [3.05, 3.63) is 36.4 Å². The van der Waals surface area contributed by atoms with Crippen LogP contribution in [0, 0.1) is 0 Å². The molecule has 0 unspecified atom stereocenters. The Balaban J connectivity index is -0.0000000186. The van der Waals surface area contributed by atoms with E-state index < -0.39 is 0 Å². The van der Waals surface area contributed by atoms with Crippen molar-refractivity contribution in [3.8, 4) is 0 Å². The first-order valence-corrected chi connectivity index (χ1v) is 2.52. The standard InChI is InChI=1S/C6H6.BH2O2.5FH/c1-2-4-6-5-3-1;2-1-3;;;;;/h1-6H;2-3H;5*1H. The zero-order valence-corrected chi connectivity index (χ0v) is 6.98. The lowest BCUT2D eigenvalue weighted by molar-refractivity contribution is 0.448. The summed E-state index contributed by atoms with van der Waals surface area (Å²) in [7, 11) is 0. The Morgan fingerprint density at radius 2 is 0.571 bits per heavy atom. The van der Waals surface area contributed by atoms with Crippen LogP contribution in [0.4, 0.5) is 23.5 Å². The van der Waals surface area contributed by atoms with Crippen LogP contribution in [0.2, 0.25) is 0 Å². The summed E-state index contributed by atoms with van der Waals surface area (Å²) in [6, 6.07) is 12.0. The van der Waals surface area contributed by atoms with E-state index in [1.807, 2.05) is 36.4 Å².